The second kappa shape index (κ2) is 7.77. The Morgan fingerprint density at radius 2 is 1.52 bits per heavy atom. The zero-order valence-corrected chi connectivity index (χ0v) is 18.4. The van der Waals surface area contributed by atoms with Gasteiger partial charge in [-0.1, -0.05) is 51.0 Å². The minimum Gasteiger partial charge on any atom is -0.497 e. The van der Waals surface area contributed by atoms with Crippen molar-refractivity contribution < 1.29 is 9.84 Å². The fraction of sp³-hybridized carbons (Fsp3) is 0.538. The highest BCUT2D eigenvalue weighted by Gasteiger charge is 2.43. The minimum absolute atomic E-state index is 0.0144. The average Bonchev–Trinajstić information content (AvgIpc) is 3.00. The molecule has 1 saturated heterocycles. The van der Waals surface area contributed by atoms with Gasteiger partial charge in [-0.05, 0) is 72.7 Å². The van der Waals surface area contributed by atoms with E-state index in [1.807, 2.05) is 0 Å². The van der Waals surface area contributed by atoms with E-state index in [1.165, 1.54) is 22.3 Å². The number of ether oxygens (including phenoxy) is 1. The average molecular weight is 394 g/mol. The normalized spacial score (nSPS) is 19.6. The Kier molecular flexibility index (Phi) is 5.48. The maximum atomic E-state index is 11.5. The van der Waals surface area contributed by atoms with E-state index in [1.54, 1.807) is 7.11 Å². The predicted octanol–water partition coefficient (Wildman–Crippen LogP) is 5.48. The Balaban J connectivity index is 1.87. The summed E-state index contributed by atoms with van der Waals surface area (Å²) < 4.78 is 5.59. The molecule has 0 unspecified atom stereocenters. The SMILES string of the molecule is CCCC1(CCC)c2cc(OC)ccc2-c2ccc(C3(O)CCN(C)CC3)cc21. The first-order valence-electron chi connectivity index (χ1n) is 11.2. The van der Waals surface area contributed by atoms with Crippen molar-refractivity contribution in [1.82, 2.24) is 4.90 Å². The number of fused-ring (bicyclic) bond motifs is 3. The van der Waals surface area contributed by atoms with Gasteiger partial charge in [0, 0.05) is 18.5 Å². The molecule has 3 heteroatoms. The number of hydrogen-bond acceptors (Lipinski definition) is 3. The molecule has 0 radical (unpaired) electrons. The van der Waals surface area contributed by atoms with Gasteiger partial charge in [0.25, 0.3) is 0 Å². The second-order valence-corrected chi connectivity index (χ2v) is 9.09. The Morgan fingerprint density at radius 1 is 0.931 bits per heavy atom. The highest BCUT2D eigenvalue weighted by atomic mass is 16.5. The molecule has 0 aromatic heterocycles. The zero-order valence-electron chi connectivity index (χ0n) is 18.4. The van der Waals surface area contributed by atoms with Crippen LogP contribution in [0, 0.1) is 0 Å². The van der Waals surface area contributed by atoms with E-state index in [-0.39, 0.29) is 5.41 Å². The van der Waals surface area contributed by atoms with Crippen LogP contribution in [-0.4, -0.2) is 37.3 Å². The number of methoxy groups -OCH3 is 1. The third kappa shape index (κ3) is 3.29. The first kappa shape index (κ1) is 20.4. The Hall–Kier alpha value is -1.84. The third-order valence-corrected chi connectivity index (χ3v) is 7.27. The van der Waals surface area contributed by atoms with Gasteiger partial charge in [0.05, 0.1) is 12.7 Å². The van der Waals surface area contributed by atoms with Gasteiger partial charge >= 0.3 is 0 Å². The van der Waals surface area contributed by atoms with Crippen molar-refractivity contribution in [2.75, 3.05) is 27.2 Å². The van der Waals surface area contributed by atoms with Crippen LogP contribution in [0.2, 0.25) is 0 Å². The summed E-state index contributed by atoms with van der Waals surface area (Å²) in [4.78, 5) is 2.31. The van der Waals surface area contributed by atoms with Crippen LogP contribution >= 0.6 is 0 Å². The van der Waals surface area contributed by atoms with Crippen LogP contribution in [0.3, 0.4) is 0 Å². The number of hydrogen-bond donors (Lipinski definition) is 1. The summed E-state index contributed by atoms with van der Waals surface area (Å²) in [5.74, 6) is 0.933. The molecule has 2 aromatic carbocycles. The van der Waals surface area contributed by atoms with E-state index in [4.69, 9.17) is 4.74 Å². The number of nitrogens with zero attached hydrogens (tertiary/aromatic N) is 1. The summed E-state index contributed by atoms with van der Waals surface area (Å²) >= 11 is 0. The van der Waals surface area contributed by atoms with E-state index < -0.39 is 5.60 Å². The van der Waals surface area contributed by atoms with Crippen LogP contribution in [-0.2, 0) is 11.0 Å². The van der Waals surface area contributed by atoms with Gasteiger partial charge in [0.2, 0.25) is 0 Å². The van der Waals surface area contributed by atoms with Crippen LogP contribution < -0.4 is 4.74 Å². The van der Waals surface area contributed by atoms with Crippen LogP contribution in [0.15, 0.2) is 36.4 Å². The van der Waals surface area contributed by atoms with Gasteiger partial charge in [0.15, 0.2) is 0 Å². The van der Waals surface area contributed by atoms with Crippen LogP contribution in [0.1, 0.15) is 69.1 Å². The summed E-state index contributed by atoms with van der Waals surface area (Å²) in [7, 11) is 3.89. The smallest absolute Gasteiger partial charge is 0.119 e. The maximum absolute atomic E-state index is 11.5. The molecule has 0 atom stereocenters. The number of aliphatic hydroxyl groups is 1. The molecule has 0 saturated carbocycles. The molecule has 29 heavy (non-hydrogen) atoms. The summed E-state index contributed by atoms with van der Waals surface area (Å²) in [5, 5.41) is 11.5. The summed E-state index contributed by atoms with van der Waals surface area (Å²) in [6.07, 6.45) is 6.12. The number of benzene rings is 2. The molecule has 4 rings (SSSR count). The Morgan fingerprint density at radius 3 is 2.10 bits per heavy atom. The Labute approximate surface area is 175 Å². The molecule has 2 aliphatic rings. The molecular formula is C26H35NO2. The van der Waals surface area contributed by atoms with Crippen molar-refractivity contribution in [1.29, 1.82) is 0 Å². The molecule has 3 nitrogen and oxygen atoms in total. The molecule has 0 spiro atoms. The summed E-state index contributed by atoms with van der Waals surface area (Å²) in [6.45, 7) is 6.45. The van der Waals surface area contributed by atoms with Crippen molar-refractivity contribution in [3.8, 4) is 16.9 Å². The number of rotatable bonds is 6. The number of likely N-dealkylation sites (tertiary alicyclic amines) is 1. The molecule has 1 fully saturated rings. The largest absolute Gasteiger partial charge is 0.497 e. The predicted molar refractivity (Wildman–Crippen MR) is 120 cm³/mol. The highest BCUT2D eigenvalue weighted by Crippen LogP contribution is 2.55. The van der Waals surface area contributed by atoms with Gasteiger partial charge in [-0.2, -0.15) is 0 Å². The molecule has 2 aromatic rings. The topological polar surface area (TPSA) is 32.7 Å². The van der Waals surface area contributed by atoms with E-state index >= 15 is 0 Å². The van der Waals surface area contributed by atoms with E-state index in [0.29, 0.717) is 0 Å². The summed E-state index contributed by atoms with van der Waals surface area (Å²) in [5.41, 5.74) is 5.89. The molecule has 1 aliphatic carbocycles. The third-order valence-electron chi connectivity index (χ3n) is 7.27. The van der Waals surface area contributed by atoms with Crippen molar-refractivity contribution in [3.63, 3.8) is 0 Å². The lowest BCUT2D eigenvalue weighted by Gasteiger charge is -2.38. The van der Waals surface area contributed by atoms with Crippen molar-refractivity contribution in [2.24, 2.45) is 0 Å². The standard InChI is InChI=1S/C26H35NO2/c1-5-11-25(12-6-2)23-17-19(26(28)13-15-27(3)16-14-26)7-9-21(23)22-10-8-20(29-4)18-24(22)25/h7-10,17-18,28H,5-6,11-16H2,1-4H3. The molecule has 0 amide bonds. The van der Waals surface area contributed by atoms with E-state index in [0.717, 1.165) is 62.9 Å². The molecule has 0 bridgehead atoms. The monoisotopic (exact) mass is 393 g/mol. The second-order valence-electron chi connectivity index (χ2n) is 9.09. The number of piperidine rings is 1. The molecule has 1 N–H and O–H groups in total. The van der Waals surface area contributed by atoms with Gasteiger partial charge in [-0.25, -0.2) is 0 Å². The fourth-order valence-electron chi connectivity index (χ4n) is 5.69. The molecule has 1 aliphatic heterocycles. The fourth-order valence-corrected chi connectivity index (χ4v) is 5.69. The van der Waals surface area contributed by atoms with Gasteiger partial charge < -0.3 is 14.7 Å². The maximum Gasteiger partial charge on any atom is 0.119 e. The first-order valence-corrected chi connectivity index (χ1v) is 11.2. The Bertz CT molecular complexity index is 874. The first-order chi connectivity index (χ1) is 14.0. The van der Waals surface area contributed by atoms with Crippen LogP contribution in [0.25, 0.3) is 11.1 Å². The summed E-state index contributed by atoms with van der Waals surface area (Å²) in [6, 6.07) is 13.3. The lowest BCUT2D eigenvalue weighted by atomic mass is 9.70. The van der Waals surface area contributed by atoms with Crippen molar-refractivity contribution in [3.05, 3.63) is 53.1 Å². The lowest BCUT2D eigenvalue weighted by Crippen LogP contribution is -2.40. The molecule has 156 valence electrons. The van der Waals surface area contributed by atoms with Crippen molar-refractivity contribution >= 4 is 0 Å². The lowest BCUT2D eigenvalue weighted by molar-refractivity contribution is -0.0203. The van der Waals surface area contributed by atoms with E-state index in [9.17, 15) is 5.11 Å². The van der Waals surface area contributed by atoms with Crippen LogP contribution in [0.4, 0.5) is 0 Å². The molecule has 1 heterocycles. The molecular weight excluding hydrogens is 358 g/mol. The van der Waals surface area contributed by atoms with Crippen LogP contribution in [0.5, 0.6) is 5.75 Å². The van der Waals surface area contributed by atoms with Crippen molar-refractivity contribution in [2.45, 2.75) is 63.4 Å². The quantitative estimate of drug-likeness (QED) is 0.706. The van der Waals surface area contributed by atoms with Gasteiger partial charge in [-0.3, -0.25) is 0 Å². The van der Waals surface area contributed by atoms with E-state index in [2.05, 4.69) is 62.2 Å². The zero-order chi connectivity index (χ0) is 20.6. The van der Waals surface area contributed by atoms with Gasteiger partial charge in [-0.15, -0.1) is 0 Å². The highest BCUT2D eigenvalue weighted by molar-refractivity contribution is 5.82. The van der Waals surface area contributed by atoms with Gasteiger partial charge in [0.1, 0.15) is 5.75 Å². The minimum atomic E-state index is -0.710.